The van der Waals surface area contributed by atoms with Gasteiger partial charge in [-0.3, -0.25) is 24.3 Å². The Hall–Kier alpha value is -3.07. The maximum atomic E-state index is 12.9. The van der Waals surface area contributed by atoms with Crippen molar-refractivity contribution in [2.75, 3.05) is 5.32 Å². The van der Waals surface area contributed by atoms with Gasteiger partial charge in [-0.2, -0.15) is 0 Å². The van der Waals surface area contributed by atoms with Crippen LogP contribution in [-0.2, 0) is 24.2 Å². The Kier molecular flexibility index (Phi) is 4.68. The molecule has 144 valence electrons. The number of nitrogens with zero attached hydrogens (tertiary/aromatic N) is 3. The average Bonchev–Trinajstić information content (AvgIpc) is 3.05. The van der Waals surface area contributed by atoms with Crippen molar-refractivity contribution in [1.29, 1.82) is 0 Å². The van der Waals surface area contributed by atoms with Gasteiger partial charge in [0, 0.05) is 17.0 Å². The lowest BCUT2D eigenvalue weighted by molar-refractivity contribution is -0.384. The van der Waals surface area contributed by atoms with Gasteiger partial charge in [0.05, 0.1) is 22.3 Å². The predicted molar refractivity (Wildman–Crippen MR) is 107 cm³/mol. The molecule has 1 aliphatic carbocycles. The highest BCUT2D eigenvalue weighted by Crippen LogP contribution is 2.33. The van der Waals surface area contributed by atoms with E-state index in [4.69, 9.17) is 0 Å². The Balaban J connectivity index is 1.61. The summed E-state index contributed by atoms with van der Waals surface area (Å²) in [6, 6.07) is 4.27. The number of fused-ring (bicyclic) bond motifs is 3. The van der Waals surface area contributed by atoms with Gasteiger partial charge in [-0.1, -0.05) is 6.07 Å². The van der Waals surface area contributed by atoms with Gasteiger partial charge in [0.25, 0.3) is 11.2 Å². The number of non-ortho nitro benzene ring substituents is 1. The molecule has 2 heterocycles. The molecule has 0 unspecified atom stereocenters. The number of hydrogen-bond acceptors (Lipinski definition) is 6. The van der Waals surface area contributed by atoms with Gasteiger partial charge in [-0.15, -0.1) is 11.3 Å². The van der Waals surface area contributed by atoms with Crippen molar-refractivity contribution in [3.63, 3.8) is 0 Å². The summed E-state index contributed by atoms with van der Waals surface area (Å²) in [7, 11) is 0. The van der Waals surface area contributed by atoms with Crippen LogP contribution in [0.5, 0.6) is 0 Å². The largest absolute Gasteiger partial charge is 0.324 e. The summed E-state index contributed by atoms with van der Waals surface area (Å²) >= 11 is 1.56. The number of nitrogens with one attached hydrogen (secondary N) is 1. The number of thiophene rings is 1. The van der Waals surface area contributed by atoms with Crippen LogP contribution in [-0.4, -0.2) is 20.4 Å². The van der Waals surface area contributed by atoms with Gasteiger partial charge in [0.2, 0.25) is 5.91 Å². The molecule has 1 aliphatic rings. The topological polar surface area (TPSA) is 107 Å². The molecule has 1 N–H and O–H groups in total. The number of benzene rings is 1. The van der Waals surface area contributed by atoms with Crippen molar-refractivity contribution in [1.82, 2.24) is 9.55 Å². The van der Waals surface area contributed by atoms with E-state index >= 15 is 0 Å². The molecule has 4 rings (SSSR count). The predicted octanol–water partition coefficient (Wildman–Crippen LogP) is 3.19. The SMILES string of the molecule is Cc1ccc([N+](=O)[O-])cc1NC(=O)Cn1cnc2sc3c(c2c1=O)CCCC3. The van der Waals surface area contributed by atoms with E-state index in [1.165, 1.54) is 27.9 Å². The van der Waals surface area contributed by atoms with Crippen molar-refractivity contribution in [2.24, 2.45) is 0 Å². The second kappa shape index (κ2) is 7.16. The van der Waals surface area contributed by atoms with Crippen LogP contribution in [0, 0.1) is 17.0 Å². The summed E-state index contributed by atoms with van der Waals surface area (Å²) in [5.74, 6) is -0.434. The molecule has 0 fully saturated rings. The van der Waals surface area contributed by atoms with Crippen molar-refractivity contribution >= 4 is 38.8 Å². The molecule has 8 nitrogen and oxygen atoms in total. The third-order valence-electron chi connectivity index (χ3n) is 4.96. The molecule has 0 atom stereocenters. The summed E-state index contributed by atoms with van der Waals surface area (Å²) in [5.41, 5.74) is 1.82. The zero-order chi connectivity index (χ0) is 19.8. The zero-order valence-electron chi connectivity index (χ0n) is 15.2. The van der Waals surface area contributed by atoms with Crippen molar-refractivity contribution < 1.29 is 9.72 Å². The number of hydrogen-bond donors (Lipinski definition) is 1. The van der Waals surface area contributed by atoms with Crippen LogP contribution in [0.25, 0.3) is 10.2 Å². The molecule has 0 bridgehead atoms. The molecule has 3 aromatic rings. The van der Waals surface area contributed by atoms with Crippen molar-refractivity contribution in [3.8, 4) is 0 Å². The Morgan fingerprint density at radius 1 is 1.36 bits per heavy atom. The third-order valence-corrected chi connectivity index (χ3v) is 6.16. The first-order valence-corrected chi connectivity index (χ1v) is 9.80. The van der Waals surface area contributed by atoms with Crippen LogP contribution in [0.15, 0.2) is 29.3 Å². The van der Waals surface area contributed by atoms with Crippen LogP contribution in [0.2, 0.25) is 0 Å². The van der Waals surface area contributed by atoms with Gasteiger partial charge < -0.3 is 5.32 Å². The molecular formula is C19H18N4O4S. The summed E-state index contributed by atoms with van der Waals surface area (Å²) in [6.45, 7) is 1.55. The van der Waals surface area contributed by atoms with Crippen LogP contribution in [0.3, 0.4) is 0 Å². The lowest BCUT2D eigenvalue weighted by Crippen LogP contribution is -2.28. The molecule has 2 aromatic heterocycles. The molecular weight excluding hydrogens is 380 g/mol. The molecule has 0 spiro atoms. The summed E-state index contributed by atoms with van der Waals surface area (Å²) < 4.78 is 1.30. The summed E-state index contributed by atoms with van der Waals surface area (Å²) in [6.07, 6.45) is 5.42. The molecule has 1 amide bonds. The van der Waals surface area contributed by atoms with E-state index in [0.29, 0.717) is 16.6 Å². The number of nitro benzene ring substituents is 1. The monoisotopic (exact) mass is 398 g/mol. The highest BCUT2D eigenvalue weighted by molar-refractivity contribution is 7.18. The van der Waals surface area contributed by atoms with E-state index in [1.54, 1.807) is 24.3 Å². The van der Waals surface area contributed by atoms with E-state index in [0.717, 1.165) is 36.1 Å². The van der Waals surface area contributed by atoms with E-state index in [2.05, 4.69) is 10.3 Å². The Bertz CT molecular complexity index is 1160. The fourth-order valence-corrected chi connectivity index (χ4v) is 4.72. The number of carbonyl (C=O) groups excluding carboxylic acids is 1. The molecule has 1 aromatic carbocycles. The number of nitro groups is 1. The molecule has 9 heteroatoms. The van der Waals surface area contributed by atoms with E-state index < -0.39 is 10.8 Å². The minimum absolute atomic E-state index is 0.106. The van der Waals surface area contributed by atoms with Crippen molar-refractivity contribution in [2.45, 2.75) is 39.2 Å². The first-order valence-electron chi connectivity index (χ1n) is 8.98. The Morgan fingerprint density at radius 2 is 2.14 bits per heavy atom. The normalized spacial score (nSPS) is 13.3. The molecule has 0 radical (unpaired) electrons. The van der Waals surface area contributed by atoms with Gasteiger partial charge in [0.1, 0.15) is 11.4 Å². The fraction of sp³-hybridized carbons (Fsp3) is 0.316. The maximum absolute atomic E-state index is 12.9. The molecule has 0 saturated carbocycles. The quantitative estimate of drug-likeness (QED) is 0.536. The number of anilines is 1. The summed E-state index contributed by atoms with van der Waals surface area (Å²) in [5, 5.41) is 14.2. The molecule has 0 aliphatic heterocycles. The third kappa shape index (κ3) is 3.29. The van der Waals surface area contributed by atoms with Gasteiger partial charge in [-0.05, 0) is 43.7 Å². The average molecular weight is 398 g/mol. The number of amides is 1. The lowest BCUT2D eigenvalue weighted by atomic mass is 9.97. The number of rotatable bonds is 4. The van der Waals surface area contributed by atoms with Gasteiger partial charge >= 0.3 is 0 Å². The second-order valence-corrected chi connectivity index (χ2v) is 7.96. The number of carbonyl (C=O) groups is 1. The summed E-state index contributed by atoms with van der Waals surface area (Å²) in [4.78, 5) is 42.1. The fourth-order valence-electron chi connectivity index (χ4n) is 3.50. The minimum Gasteiger partial charge on any atom is -0.324 e. The highest BCUT2D eigenvalue weighted by Gasteiger charge is 2.20. The minimum atomic E-state index is -0.517. The number of aromatic nitrogens is 2. The standard InChI is InChI=1S/C19H18N4O4S/c1-11-6-7-12(23(26)27)8-14(11)21-16(24)9-22-10-20-18-17(19(22)25)13-4-2-3-5-15(13)28-18/h6-8,10H,2-5,9H2,1H3,(H,21,24). The van der Waals surface area contributed by atoms with Crippen LogP contribution >= 0.6 is 11.3 Å². The maximum Gasteiger partial charge on any atom is 0.271 e. The van der Waals surface area contributed by atoms with Crippen LogP contribution in [0.4, 0.5) is 11.4 Å². The molecule has 0 saturated heterocycles. The first kappa shape index (κ1) is 18.3. The van der Waals surface area contributed by atoms with Crippen LogP contribution < -0.4 is 10.9 Å². The Labute approximate surface area is 164 Å². The second-order valence-electron chi connectivity index (χ2n) is 6.87. The highest BCUT2D eigenvalue weighted by atomic mass is 32.1. The van der Waals surface area contributed by atoms with Gasteiger partial charge in [-0.25, -0.2) is 4.98 Å². The van der Waals surface area contributed by atoms with E-state index in [1.807, 2.05) is 0 Å². The van der Waals surface area contributed by atoms with E-state index in [-0.39, 0.29) is 17.8 Å². The van der Waals surface area contributed by atoms with Crippen molar-refractivity contribution in [3.05, 3.63) is 61.0 Å². The van der Waals surface area contributed by atoms with E-state index in [9.17, 15) is 19.7 Å². The van der Waals surface area contributed by atoms with Crippen LogP contribution in [0.1, 0.15) is 28.8 Å². The zero-order valence-corrected chi connectivity index (χ0v) is 16.0. The first-order chi connectivity index (χ1) is 13.4. The number of aryl methyl sites for hydroxylation is 3. The molecule has 28 heavy (non-hydrogen) atoms. The Morgan fingerprint density at radius 3 is 2.93 bits per heavy atom. The van der Waals surface area contributed by atoms with Gasteiger partial charge in [0.15, 0.2) is 0 Å². The lowest BCUT2D eigenvalue weighted by Gasteiger charge is -2.11. The smallest absolute Gasteiger partial charge is 0.271 e.